The smallest absolute Gasteiger partial charge is 0.339 e. The zero-order valence-corrected chi connectivity index (χ0v) is 11.4. The van der Waals surface area contributed by atoms with Crippen LogP contribution in [-0.4, -0.2) is 30.8 Å². The van der Waals surface area contributed by atoms with Crippen molar-refractivity contribution in [3.63, 3.8) is 0 Å². The third kappa shape index (κ3) is 2.48. The first-order chi connectivity index (χ1) is 10.2. The Balaban J connectivity index is 2.19. The van der Waals surface area contributed by atoms with E-state index in [4.69, 9.17) is 11.6 Å². The zero-order chi connectivity index (χ0) is 14.8. The molecule has 0 saturated heterocycles. The van der Waals surface area contributed by atoms with Crippen LogP contribution >= 0.6 is 11.6 Å². The fourth-order valence-corrected chi connectivity index (χ4v) is 2.12. The molecule has 2 heterocycles. The number of hydrogen-bond donors (Lipinski definition) is 1. The number of hydrogen-bond acceptors (Lipinski definition) is 4. The van der Waals surface area contributed by atoms with Crippen molar-refractivity contribution in [2.75, 3.05) is 0 Å². The monoisotopic (exact) mass is 300 g/mol. The van der Waals surface area contributed by atoms with Gasteiger partial charge in [-0.2, -0.15) is 5.10 Å². The lowest BCUT2D eigenvalue weighted by Crippen LogP contribution is -2.00. The van der Waals surface area contributed by atoms with Crippen molar-refractivity contribution in [2.45, 2.75) is 0 Å². The van der Waals surface area contributed by atoms with Gasteiger partial charge in [0.2, 0.25) is 5.95 Å². The van der Waals surface area contributed by atoms with Crippen LogP contribution in [0.4, 0.5) is 0 Å². The first kappa shape index (κ1) is 13.3. The number of nitrogens with zero attached hydrogens (tertiary/aromatic N) is 4. The Kier molecular flexibility index (Phi) is 3.37. The average Bonchev–Trinajstić information content (AvgIpc) is 2.94. The average molecular weight is 301 g/mol. The van der Waals surface area contributed by atoms with E-state index in [1.54, 1.807) is 42.7 Å². The van der Waals surface area contributed by atoms with E-state index in [1.165, 1.54) is 10.9 Å². The highest BCUT2D eigenvalue weighted by molar-refractivity contribution is 6.33. The maximum Gasteiger partial charge on any atom is 0.339 e. The van der Waals surface area contributed by atoms with Gasteiger partial charge in [0, 0.05) is 24.2 Å². The third-order valence-electron chi connectivity index (χ3n) is 2.83. The Bertz CT molecular complexity index is 802. The van der Waals surface area contributed by atoms with Gasteiger partial charge in [0.05, 0.1) is 5.02 Å². The molecule has 1 N–H and O–H groups in total. The predicted molar refractivity (Wildman–Crippen MR) is 76.6 cm³/mol. The summed E-state index contributed by atoms with van der Waals surface area (Å²) in [5.74, 6) is -0.801. The van der Waals surface area contributed by atoms with Crippen LogP contribution in [0.5, 0.6) is 0 Å². The zero-order valence-electron chi connectivity index (χ0n) is 10.6. The van der Waals surface area contributed by atoms with Gasteiger partial charge in [0.1, 0.15) is 11.3 Å². The van der Waals surface area contributed by atoms with Crippen molar-refractivity contribution < 1.29 is 9.90 Å². The third-order valence-corrected chi connectivity index (χ3v) is 3.16. The van der Waals surface area contributed by atoms with E-state index < -0.39 is 5.97 Å². The Morgan fingerprint density at radius 1 is 1.14 bits per heavy atom. The number of benzene rings is 1. The van der Waals surface area contributed by atoms with E-state index in [-0.39, 0.29) is 11.3 Å². The van der Waals surface area contributed by atoms with E-state index in [0.29, 0.717) is 16.5 Å². The highest BCUT2D eigenvalue weighted by Gasteiger charge is 2.20. The Morgan fingerprint density at radius 2 is 1.86 bits per heavy atom. The number of rotatable bonds is 3. The predicted octanol–water partition coefficient (Wildman–Crippen LogP) is 2.68. The second-order valence-corrected chi connectivity index (χ2v) is 4.58. The van der Waals surface area contributed by atoms with Crippen LogP contribution in [0, 0.1) is 0 Å². The molecule has 0 bridgehead atoms. The minimum atomic E-state index is -1.09. The van der Waals surface area contributed by atoms with E-state index in [9.17, 15) is 9.90 Å². The van der Waals surface area contributed by atoms with E-state index in [0.717, 1.165) is 0 Å². The molecule has 6 nitrogen and oxygen atoms in total. The molecule has 0 saturated carbocycles. The van der Waals surface area contributed by atoms with E-state index >= 15 is 0 Å². The number of carboxylic acids is 1. The summed E-state index contributed by atoms with van der Waals surface area (Å²) in [6, 6.07) is 8.60. The lowest BCUT2D eigenvalue weighted by atomic mass is 10.1. The number of aromatic nitrogens is 4. The summed E-state index contributed by atoms with van der Waals surface area (Å²) in [6.45, 7) is 0. The summed E-state index contributed by atoms with van der Waals surface area (Å²) in [5, 5.41) is 14.0. The molecule has 104 valence electrons. The molecule has 3 rings (SSSR count). The molecule has 2 aromatic heterocycles. The Hall–Kier alpha value is -2.73. The fourth-order valence-electron chi connectivity index (χ4n) is 1.89. The molecule has 0 spiro atoms. The van der Waals surface area contributed by atoms with Crippen LogP contribution in [0.25, 0.3) is 17.2 Å². The summed E-state index contributed by atoms with van der Waals surface area (Å²) in [6.07, 6.45) is 4.48. The molecule has 0 amide bonds. The minimum Gasteiger partial charge on any atom is -0.478 e. The van der Waals surface area contributed by atoms with Crippen molar-refractivity contribution in [3.8, 4) is 17.2 Å². The molecular formula is C14H9ClN4O2. The van der Waals surface area contributed by atoms with Crippen molar-refractivity contribution in [3.05, 3.63) is 59.5 Å². The SMILES string of the molecule is O=C(O)c1cn(-c2ncccn2)nc1-c1ccccc1Cl. The minimum absolute atomic E-state index is 0.0375. The Labute approximate surface area is 124 Å². The van der Waals surface area contributed by atoms with Crippen LogP contribution < -0.4 is 0 Å². The van der Waals surface area contributed by atoms with Gasteiger partial charge in [-0.3, -0.25) is 0 Å². The number of halogens is 1. The lowest BCUT2D eigenvalue weighted by Gasteiger charge is -2.01. The molecule has 0 unspecified atom stereocenters. The lowest BCUT2D eigenvalue weighted by molar-refractivity contribution is 0.0697. The Morgan fingerprint density at radius 3 is 2.52 bits per heavy atom. The molecule has 0 fully saturated rings. The molecule has 0 aliphatic heterocycles. The summed E-state index contributed by atoms with van der Waals surface area (Å²) < 4.78 is 1.32. The van der Waals surface area contributed by atoms with Gasteiger partial charge in [-0.15, -0.1) is 0 Å². The van der Waals surface area contributed by atoms with Gasteiger partial charge in [0.15, 0.2) is 0 Å². The molecule has 21 heavy (non-hydrogen) atoms. The maximum atomic E-state index is 11.4. The second kappa shape index (κ2) is 5.34. The van der Waals surface area contributed by atoms with Crippen LogP contribution in [0.1, 0.15) is 10.4 Å². The standard InChI is InChI=1S/C14H9ClN4O2/c15-11-5-2-1-4-9(11)12-10(13(20)21)8-19(18-12)14-16-6-3-7-17-14/h1-8H,(H,20,21). The molecule has 0 radical (unpaired) electrons. The molecular weight excluding hydrogens is 292 g/mol. The topological polar surface area (TPSA) is 80.9 Å². The van der Waals surface area contributed by atoms with E-state index in [2.05, 4.69) is 15.1 Å². The normalized spacial score (nSPS) is 10.5. The number of aromatic carboxylic acids is 1. The van der Waals surface area contributed by atoms with Gasteiger partial charge in [-0.1, -0.05) is 29.8 Å². The summed E-state index contributed by atoms with van der Waals surface area (Å²) in [4.78, 5) is 19.5. The highest BCUT2D eigenvalue weighted by Crippen LogP contribution is 2.29. The summed E-state index contributed by atoms with van der Waals surface area (Å²) in [5.41, 5.74) is 0.863. The van der Waals surface area contributed by atoms with Crippen molar-refractivity contribution in [1.82, 2.24) is 19.7 Å². The maximum absolute atomic E-state index is 11.4. The van der Waals surface area contributed by atoms with Crippen molar-refractivity contribution >= 4 is 17.6 Å². The van der Waals surface area contributed by atoms with Gasteiger partial charge < -0.3 is 5.11 Å². The van der Waals surface area contributed by atoms with Crippen LogP contribution in [-0.2, 0) is 0 Å². The molecule has 1 aromatic carbocycles. The molecule has 0 aliphatic carbocycles. The quantitative estimate of drug-likeness (QED) is 0.804. The molecule has 0 aliphatic rings. The van der Waals surface area contributed by atoms with Gasteiger partial charge in [-0.05, 0) is 12.1 Å². The van der Waals surface area contributed by atoms with Crippen molar-refractivity contribution in [2.24, 2.45) is 0 Å². The second-order valence-electron chi connectivity index (χ2n) is 4.17. The van der Waals surface area contributed by atoms with Crippen LogP contribution in [0.3, 0.4) is 0 Å². The van der Waals surface area contributed by atoms with E-state index in [1.807, 2.05) is 0 Å². The van der Waals surface area contributed by atoms with Gasteiger partial charge in [-0.25, -0.2) is 19.4 Å². The molecule has 0 atom stereocenters. The first-order valence-corrected chi connectivity index (χ1v) is 6.40. The number of carbonyl (C=O) groups is 1. The van der Waals surface area contributed by atoms with Gasteiger partial charge >= 0.3 is 5.97 Å². The van der Waals surface area contributed by atoms with Crippen LogP contribution in [0.15, 0.2) is 48.9 Å². The molecule has 7 heteroatoms. The van der Waals surface area contributed by atoms with Gasteiger partial charge in [0.25, 0.3) is 0 Å². The molecule has 3 aromatic rings. The van der Waals surface area contributed by atoms with Crippen molar-refractivity contribution in [1.29, 1.82) is 0 Å². The summed E-state index contributed by atoms with van der Waals surface area (Å²) in [7, 11) is 0. The largest absolute Gasteiger partial charge is 0.478 e. The first-order valence-electron chi connectivity index (χ1n) is 6.02. The summed E-state index contributed by atoms with van der Waals surface area (Å²) >= 11 is 6.12. The number of carboxylic acid groups (broad SMARTS) is 1. The van der Waals surface area contributed by atoms with Crippen LogP contribution in [0.2, 0.25) is 5.02 Å². The fraction of sp³-hybridized carbons (Fsp3) is 0. The highest BCUT2D eigenvalue weighted by atomic mass is 35.5.